The summed E-state index contributed by atoms with van der Waals surface area (Å²) in [6.45, 7) is 5.80. The Kier molecular flexibility index (Phi) is 3.93. The fraction of sp³-hybridized carbons (Fsp3) is 0.579. The maximum Gasteiger partial charge on any atom is 0.0898 e. The summed E-state index contributed by atoms with van der Waals surface area (Å²) in [6.07, 6.45) is 8.84. The predicted octanol–water partition coefficient (Wildman–Crippen LogP) is 3.45. The molecule has 0 saturated carbocycles. The molecule has 4 heteroatoms. The molecule has 0 amide bonds. The number of nitrogens with zero attached hydrogens (tertiary/aromatic N) is 4. The first-order chi connectivity index (χ1) is 11.3. The molecule has 3 heterocycles. The summed E-state index contributed by atoms with van der Waals surface area (Å²) in [5, 5.41) is 8.80. The van der Waals surface area contributed by atoms with Crippen LogP contribution in [0.15, 0.2) is 36.5 Å². The summed E-state index contributed by atoms with van der Waals surface area (Å²) < 4.78 is 2.05. The average molecular weight is 310 g/mol. The Morgan fingerprint density at radius 1 is 1.13 bits per heavy atom. The van der Waals surface area contributed by atoms with E-state index in [1.54, 1.807) is 0 Å². The SMILES string of the molecule is CC(c1ccccc1)c1cn(CCC23CCCN2CCC3)nn1. The van der Waals surface area contributed by atoms with Gasteiger partial charge in [-0.05, 0) is 50.8 Å². The minimum absolute atomic E-state index is 0.303. The smallest absolute Gasteiger partial charge is 0.0898 e. The predicted molar refractivity (Wildman–Crippen MR) is 91.4 cm³/mol. The van der Waals surface area contributed by atoms with Gasteiger partial charge in [0.15, 0.2) is 0 Å². The number of fused-ring (bicyclic) bond motifs is 1. The first kappa shape index (κ1) is 14.9. The van der Waals surface area contributed by atoms with Gasteiger partial charge in [0, 0.05) is 24.2 Å². The van der Waals surface area contributed by atoms with Crippen molar-refractivity contribution in [3.05, 3.63) is 47.8 Å². The van der Waals surface area contributed by atoms with E-state index >= 15 is 0 Å². The van der Waals surface area contributed by atoms with Crippen LogP contribution in [0.1, 0.15) is 56.2 Å². The van der Waals surface area contributed by atoms with Crippen molar-refractivity contribution in [3.63, 3.8) is 0 Å². The molecule has 23 heavy (non-hydrogen) atoms. The molecule has 2 aromatic rings. The lowest BCUT2D eigenvalue weighted by Crippen LogP contribution is -2.39. The van der Waals surface area contributed by atoms with E-state index in [-0.39, 0.29) is 0 Å². The number of aryl methyl sites for hydroxylation is 1. The van der Waals surface area contributed by atoms with Crippen LogP contribution in [0.4, 0.5) is 0 Å². The lowest BCUT2D eigenvalue weighted by molar-refractivity contribution is 0.172. The molecule has 1 aromatic carbocycles. The largest absolute Gasteiger partial charge is 0.298 e. The first-order valence-electron chi connectivity index (χ1n) is 8.97. The zero-order chi connectivity index (χ0) is 15.7. The second-order valence-electron chi connectivity index (χ2n) is 7.21. The molecule has 0 radical (unpaired) electrons. The minimum Gasteiger partial charge on any atom is -0.298 e. The van der Waals surface area contributed by atoms with Gasteiger partial charge in [-0.2, -0.15) is 0 Å². The topological polar surface area (TPSA) is 34.0 Å². The third-order valence-corrected chi connectivity index (χ3v) is 5.92. The fourth-order valence-electron chi connectivity index (χ4n) is 4.49. The number of hydrogen-bond donors (Lipinski definition) is 0. The van der Waals surface area contributed by atoms with Gasteiger partial charge in [0.2, 0.25) is 0 Å². The molecule has 2 fully saturated rings. The van der Waals surface area contributed by atoms with E-state index in [4.69, 9.17) is 0 Å². The molecule has 2 saturated heterocycles. The summed E-state index contributed by atoms with van der Waals surface area (Å²) in [4.78, 5) is 2.72. The average Bonchev–Trinajstić information content (AvgIpc) is 3.28. The van der Waals surface area contributed by atoms with E-state index in [0.29, 0.717) is 11.5 Å². The van der Waals surface area contributed by atoms with Crippen LogP contribution >= 0.6 is 0 Å². The zero-order valence-corrected chi connectivity index (χ0v) is 14.0. The normalized spacial score (nSPS) is 21.4. The molecule has 1 atom stereocenters. The van der Waals surface area contributed by atoms with Gasteiger partial charge in [-0.25, -0.2) is 0 Å². The summed E-state index contributed by atoms with van der Waals surface area (Å²) in [5.41, 5.74) is 2.84. The molecule has 1 unspecified atom stereocenters. The molecular weight excluding hydrogens is 284 g/mol. The molecule has 4 rings (SSSR count). The molecule has 0 spiro atoms. The Morgan fingerprint density at radius 2 is 1.87 bits per heavy atom. The van der Waals surface area contributed by atoms with E-state index in [2.05, 4.69) is 63.3 Å². The minimum atomic E-state index is 0.303. The second-order valence-corrected chi connectivity index (χ2v) is 7.21. The maximum absolute atomic E-state index is 4.42. The molecular formula is C19H26N4. The fourth-order valence-corrected chi connectivity index (χ4v) is 4.49. The summed E-state index contributed by atoms with van der Waals surface area (Å²) in [6, 6.07) is 10.6. The van der Waals surface area contributed by atoms with Gasteiger partial charge in [0.25, 0.3) is 0 Å². The highest BCUT2D eigenvalue weighted by Crippen LogP contribution is 2.41. The lowest BCUT2D eigenvalue weighted by Gasteiger charge is -2.31. The van der Waals surface area contributed by atoms with Gasteiger partial charge >= 0.3 is 0 Å². The van der Waals surface area contributed by atoms with Crippen molar-refractivity contribution in [1.82, 2.24) is 19.9 Å². The van der Waals surface area contributed by atoms with Crippen LogP contribution in [0.25, 0.3) is 0 Å². The van der Waals surface area contributed by atoms with Crippen molar-refractivity contribution in [2.24, 2.45) is 0 Å². The number of aromatic nitrogens is 3. The van der Waals surface area contributed by atoms with Crippen molar-refractivity contribution < 1.29 is 0 Å². The van der Waals surface area contributed by atoms with Crippen LogP contribution in [0, 0.1) is 0 Å². The van der Waals surface area contributed by atoms with Crippen molar-refractivity contribution in [1.29, 1.82) is 0 Å². The van der Waals surface area contributed by atoms with Crippen molar-refractivity contribution in [2.75, 3.05) is 13.1 Å². The van der Waals surface area contributed by atoms with Gasteiger partial charge in [-0.15, -0.1) is 5.10 Å². The summed E-state index contributed by atoms with van der Waals surface area (Å²) in [5.74, 6) is 0.303. The Labute approximate surface area is 138 Å². The molecule has 2 aliphatic rings. The number of rotatable bonds is 5. The van der Waals surface area contributed by atoms with Gasteiger partial charge < -0.3 is 0 Å². The first-order valence-corrected chi connectivity index (χ1v) is 8.97. The van der Waals surface area contributed by atoms with Crippen LogP contribution in [-0.2, 0) is 6.54 Å². The van der Waals surface area contributed by atoms with Gasteiger partial charge in [0.05, 0.1) is 5.69 Å². The van der Waals surface area contributed by atoms with Crippen molar-refractivity contribution >= 4 is 0 Å². The molecule has 1 aromatic heterocycles. The lowest BCUT2D eigenvalue weighted by atomic mass is 9.90. The third-order valence-electron chi connectivity index (χ3n) is 5.92. The zero-order valence-electron chi connectivity index (χ0n) is 14.0. The van der Waals surface area contributed by atoms with E-state index in [1.807, 2.05) is 0 Å². The summed E-state index contributed by atoms with van der Waals surface area (Å²) in [7, 11) is 0. The quantitative estimate of drug-likeness (QED) is 0.848. The molecule has 0 aliphatic carbocycles. The molecule has 122 valence electrons. The van der Waals surface area contributed by atoms with Crippen LogP contribution in [0.5, 0.6) is 0 Å². The van der Waals surface area contributed by atoms with E-state index < -0.39 is 0 Å². The Bertz CT molecular complexity index is 638. The van der Waals surface area contributed by atoms with Crippen LogP contribution < -0.4 is 0 Å². The number of hydrogen-bond acceptors (Lipinski definition) is 3. The number of benzene rings is 1. The van der Waals surface area contributed by atoms with Gasteiger partial charge in [-0.1, -0.05) is 42.5 Å². The highest BCUT2D eigenvalue weighted by molar-refractivity contribution is 5.25. The maximum atomic E-state index is 4.42. The van der Waals surface area contributed by atoms with E-state index in [1.165, 1.54) is 50.8 Å². The van der Waals surface area contributed by atoms with Crippen LogP contribution in [0.3, 0.4) is 0 Å². The van der Waals surface area contributed by atoms with Gasteiger partial charge in [0.1, 0.15) is 0 Å². The van der Waals surface area contributed by atoms with Crippen LogP contribution in [-0.4, -0.2) is 38.5 Å². The molecule has 0 bridgehead atoms. The summed E-state index contributed by atoms with van der Waals surface area (Å²) >= 11 is 0. The van der Waals surface area contributed by atoms with E-state index in [9.17, 15) is 0 Å². The highest BCUT2D eigenvalue weighted by Gasteiger charge is 2.43. The van der Waals surface area contributed by atoms with Crippen LogP contribution in [0.2, 0.25) is 0 Å². The Balaban J connectivity index is 1.42. The molecule has 2 aliphatic heterocycles. The highest BCUT2D eigenvalue weighted by atomic mass is 15.4. The Hall–Kier alpha value is -1.68. The van der Waals surface area contributed by atoms with E-state index in [0.717, 1.165) is 12.2 Å². The Morgan fingerprint density at radius 3 is 2.61 bits per heavy atom. The molecule has 0 N–H and O–H groups in total. The third kappa shape index (κ3) is 2.80. The van der Waals surface area contributed by atoms with Crippen molar-refractivity contribution in [2.45, 2.75) is 57.0 Å². The second kappa shape index (κ2) is 6.08. The standard InChI is InChI=1S/C19H26N4/c1-16(17-7-3-2-4-8-17)18-15-23(21-20-18)14-11-19-9-5-12-22(19)13-6-10-19/h2-4,7-8,15-16H,5-6,9-14H2,1H3. The monoisotopic (exact) mass is 310 g/mol. The van der Waals surface area contributed by atoms with Gasteiger partial charge in [-0.3, -0.25) is 9.58 Å². The molecule has 4 nitrogen and oxygen atoms in total. The van der Waals surface area contributed by atoms with Crippen molar-refractivity contribution in [3.8, 4) is 0 Å².